The molecule has 0 bridgehead atoms. The molecule has 0 aromatic heterocycles. The van der Waals surface area contributed by atoms with Gasteiger partial charge in [0, 0.05) is 12.7 Å². The van der Waals surface area contributed by atoms with E-state index in [1.54, 1.807) is 0 Å². The van der Waals surface area contributed by atoms with Gasteiger partial charge in [0.2, 0.25) is 0 Å². The second kappa shape index (κ2) is 6.61. The summed E-state index contributed by atoms with van der Waals surface area (Å²) in [5.74, 6) is 1.28. The van der Waals surface area contributed by atoms with E-state index in [0.29, 0.717) is 0 Å². The number of ether oxygens (including phenoxy) is 2. The summed E-state index contributed by atoms with van der Waals surface area (Å²) in [6.07, 6.45) is 0. The third kappa shape index (κ3) is 3.75. The Balaban J connectivity index is 2.01. The van der Waals surface area contributed by atoms with Crippen LogP contribution in [0, 0.1) is 0 Å². The Morgan fingerprint density at radius 1 is 1.00 bits per heavy atom. The van der Waals surface area contributed by atoms with E-state index in [1.165, 1.54) is 7.11 Å². The third-order valence-corrected chi connectivity index (χ3v) is 2.85. The summed E-state index contributed by atoms with van der Waals surface area (Å²) in [6, 6.07) is 17.1. The lowest BCUT2D eigenvalue weighted by Gasteiger charge is -2.18. The number of nitrogens with zero attached hydrogens (tertiary/aromatic N) is 1. The molecule has 0 aliphatic heterocycles. The van der Waals surface area contributed by atoms with Crippen molar-refractivity contribution in [2.45, 2.75) is 0 Å². The molecule has 0 amide bonds. The van der Waals surface area contributed by atoms with Crippen molar-refractivity contribution in [1.29, 1.82) is 0 Å². The number of carbonyl (C=O) groups excluding carboxylic acids is 1. The Morgan fingerprint density at radius 2 is 1.60 bits per heavy atom. The van der Waals surface area contributed by atoms with Crippen LogP contribution in [0.15, 0.2) is 54.6 Å². The monoisotopic (exact) mass is 271 g/mol. The lowest BCUT2D eigenvalue weighted by molar-refractivity contribution is -0.138. The molecular formula is C16H17NO3. The first-order valence-electron chi connectivity index (χ1n) is 6.30. The molecule has 0 radical (unpaired) electrons. The van der Waals surface area contributed by atoms with Gasteiger partial charge in [-0.1, -0.05) is 18.2 Å². The molecular weight excluding hydrogens is 254 g/mol. The van der Waals surface area contributed by atoms with Crippen molar-refractivity contribution in [1.82, 2.24) is 0 Å². The minimum atomic E-state index is -0.267. The molecule has 2 aromatic carbocycles. The Labute approximate surface area is 118 Å². The lowest BCUT2D eigenvalue weighted by Crippen LogP contribution is -2.26. The molecule has 0 fully saturated rings. The van der Waals surface area contributed by atoms with Gasteiger partial charge in [-0.25, -0.2) is 0 Å². The van der Waals surface area contributed by atoms with Crippen LogP contribution in [-0.4, -0.2) is 26.7 Å². The van der Waals surface area contributed by atoms with Crippen molar-refractivity contribution in [3.05, 3.63) is 54.6 Å². The molecule has 4 heteroatoms. The van der Waals surface area contributed by atoms with Gasteiger partial charge in [0.1, 0.15) is 18.0 Å². The smallest absolute Gasteiger partial charge is 0.325 e. The Kier molecular flexibility index (Phi) is 4.60. The van der Waals surface area contributed by atoms with E-state index in [0.717, 1.165) is 17.2 Å². The van der Waals surface area contributed by atoms with Gasteiger partial charge in [0.25, 0.3) is 0 Å². The molecule has 0 atom stereocenters. The van der Waals surface area contributed by atoms with Crippen LogP contribution in [0.25, 0.3) is 0 Å². The minimum absolute atomic E-state index is 0.218. The van der Waals surface area contributed by atoms with E-state index in [1.807, 2.05) is 66.5 Å². The fourth-order valence-electron chi connectivity index (χ4n) is 1.74. The van der Waals surface area contributed by atoms with E-state index >= 15 is 0 Å². The number of likely N-dealkylation sites (N-methyl/N-ethyl adjacent to an activating group) is 1. The highest BCUT2D eigenvalue weighted by Crippen LogP contribution is 2.23. The molecule has 104 valence electrons. The van der Waals surface area contributed by atoms with E-state index in [-0.39, 0.29) is 12.5 Å². The molecule has 0 saturated carbocycles. The van der Waals surface area contributed by atoms with Crippen LogP contribution >= 0.6 is 0 Å². The number of hydrogen-bond acceptors (Lipinski definition) is 4. The van der Waals surface area contributed by atoms with Crippen LogP contribution in [0.5, 0.6) is 11.5 Å². The van der Waals surface area contributed by atoms with Crippen molar-refractivity contribution in [2.75, 3.05) is 25.6 Å². The van der Waals surface area contributed by atoms with Crippen LogP contribution in [0.2, 0.25) is 0 Å². The highest BCUT2D eigenvalue weighted by atomic mass is 16.5. The quantitative estimate of drug-likeness (QED) is 0.783. The second-order valence-electron chi connectivity index (χ2n) is 4.34. The van der Waals surface area contributed by atoms with Gasteiger partial charge >= 0.3 is 5.97 Å². The van der Waals surface area contributed by atoms with Crippen molar-refractivity contribution >= 4 is 11.7 Å². The number of hydrogen-bond donors (Lipinski definition) is 0. The molecule has 0 saturated heterocycles. The highest BCUT2D eigenvalue weighted by molar-refractivity contribution is 5.75. The fourth-order valence-corrected chi connectivity index (χ4v) is 1.74. The van der Waals surface area contributed by atoms with Crippen LogP contribution < -0.4 is 9.64 Å². The van der Waals surface area contributed by atoms with Crippen molar-refractivity contribution in [3.8, 4) is 11.5 Å². The Bertz CT molecular complexity index is 552. The maximum atomic E-state index is 11.2. The second-order valence-corrected chi connectivity index (χ2v) is 4.34. The molecule has 2 rings (SSSR count). The zero-order valence-corrected chi connectivity index (χ0v) is 11.6. The molecule has 0 aliphatic carbocycles. The van der Waals surface area contributed by atoms with Gasteiger partial charge in [-0.15, -0.1) is 0 Å². The van der Waals surface area contributed by atoms with E-state index in [2.05, 4.69) is 4.74 Å². The van der Waals surface area contributed by atoms with E-state index in [4.69, 9.17) is 4.74 Å². The topological polar surface area (TPSA) is 38.8 Å². The number of benzene rings is 2. The number of anilines is 1. The molecule has 20 heavy (non-hydrogen) atoms. The zero-order chi connectivity index (χ0) is 14.4. The molecule has 0 N–H and O–H groups in total. The molecule has 2 aromatic rings. The summed E-state index contributed by atoms with van der Waals surface area (Å²) >= 11 is 0. The standard InChI is InChI=1S/C16H17NO3/c1-17(12-16(18)19-2)13-8-10-15(11-9-13)20-14-6-4-3-5-7-14/h3-11H,12H2,1-2H3. The first kappa shape index (κ1) is 13.9. The summed E-state index contributed by atoms with van der Waals surface area (Å²) in [4.78, 5) is 13.0. The van der Waals surface area contributed by atoms with Crippen molar-refractivity contribution in [3.63, 3.8) is 0 Å². The summed E-state index contributed by atoms with van der Waals surface area (Å²) in [5.41, 5.74) is 0.927. The minimum Gasteiger partial charge on any atom is -0.468 e. The molecule has 0 heterocycles. The van der Waals surface area contributed by atoms with Crippen LogP contribution in [0.1, 0.15) is 0 Å². The Hall–Kier alpha value is -2.49. The first-order chi connectivity index (χ1) is 9.69. The van der Waals surface area contributed by atoms with Gasteiger partial charge in [0.15, 0.2) is 0 Å². The highest BCUT2D eigenvalue weighted by Gasteiger charge is 2.07. The molecule has 4 nitrogen and oxygen atoms in total. The average Bonchev–Trinajstić information content (AvgIpc) is 2.49. The lowest BCUT2D eigenvalue weighted by atomic mass is 10.2. The average molecular weight is 271 g/mol. The summed E-state index contributed by atoms with van der Waals surface area (Å²) in [7, 11) is 3.22. The first-order valence-corrected chi connectivity index (χ1v) is 6.30. The zero-order valence-electron chi connectivity index (χ0n) is 11.6. The summed E-state index contributed by atoms with van der Waals surface area (Å²) < 4.78 is 10.3. The van der Waals surface area contributed by atoms with Gasteiger partial charge in [0.05, 0.1) is 7.11 Å². The number of para-hydroxylation sites is 1. The van der Waals surface area contributed by atoms with Crippen molar-refractivity contribution < 1.29 is 14.3 Å². The summed E-state index contributed by atoms with van der Waals surface area (Å²) in [6.45, 7) is 0.218. The Morgan fingerprint density at radius 3 is 2.20 bits per heavy atom. The maximum Gasteiger partial charge on any atom is 0.325 e. The summed E-state index contributed by atoms with van der Waals surface area (Å²) in [5, 5.41) is 0. The predicted octanol–water partition coefficient (Wildman–Crippen LogP) is 3.09. The van der Waals surface area contributed by atoms with E-state index in [9.17, 15) is 4.79 Å². The van der Waals surface area contributed by atoms with Gasteiger partial charge < -0.3 is 14.4 Å². The fraction of sp³-hybridized carbons (Fsp3) is 0.188. The van der Waals surface area contributed by atoms with Gasteiger partial charge in [-0.05, 0) is 36.4 Å². The molecule has 0 unspecified atom stereocenters. The van der Waals surface area contributed by atoms with Crippen LogP contribution in [0.3, 0.4) is 0 Å². The largest absolute Gasteiger partial charge is 0.468 e. The van der Waals surface area contributed by atoms with E-state index < -0.39 is 0 Å². The van der Waals surface area contributed by atoms with Crippen molar-refractivity contribution in [2.24, 2.45) is 0 Å². The number of carbonyl (C=O) groups is 1. The van der Waals surface area contributed by atoms with Gasteiger partial charge in [-0.2, -0.15) is 0 Å². The van der Waals surface area contributed by atoms with Gasteiger partial charge in [-0.3, -0.25) is 4.79 Å². The third-order valence-electron chi connectivity index (χ3n) is 2.85. The van der Waals surface area contributed by atoms with Crippen LogP contribution in [-0.2, 0) is 9.53 Å². The number of methoxy groups -OCH3 is 1. The molecule has 0 spiro atoms. The number of esters is 1. The maximum absolute atomic E-state index is 11.2. The molecule has 0 aliphatic rings. The SMILES string of the molecule is COC(=O)CN(C)c1ccc(Oc2ccccc2)cc1. The normalized spacial score (nSPS) is 9.90. The van der Waals surface area contributed by atoms with Crippen LogP contribution in [0.4, 0.5) is 5.69 Å². The number of rotatable bonds is 5. The predicted molar refractivity (Wildman–Crippen MR) is 78.2 cm³/mol.